The Bertz CT molecular complexity index is 459. The number of rotatable bonds is 6. The first kappa shape index (κ1) is 17.6. The van der Waals surface area contributed by atoms with Gasteiger partial charge in [-0.15, -0.1) is 11.8 Å². The van der Waals surface area contributed by atoms with Crippen LogP contribution in [0.25, 0.3) is 0 Å². The molecule has 7 heteroatoms. The molecular formula is C14H24N4O2S. The summed E-state index contributed by atoms with van der Waals surface area (Å²) in [5, 5.41) is 14.5. The molecule has 0 radical (unpaired) electrons. The van der Waals surface area contributed by atoms with Crippen LogP contribution < -0.4 is 10.6 Å². The Morgan fingerprint density at radius 2 is 1.95 bits per heavy atom. The number of aromatic nitrogens is 2. The molecule has 6 nitrogen and oxygen atoms in total. The lowest BCUT2D eigenvalue weighted by Gasteiger charge is -2.36. The summed E-state index contributed by atoms with van der Waals surface area (Å²) in [7, 11) is 0. The van der Waals surface area contributed by atoms with Gasteiger partial charge in [-0.3, -0.25) is 0 Å². The van der Waals surface area contributed by atoms with Gasteiger partial charge in [0.2, 0.25) is 5.95 Å². The predicted molar refractivity (Wildman–Crippen MR) is 85.9 cm³/mol. The van der Waals surface area contributed by atoms with Crippen molar-refractivity contribution in [3.63, 3.8) is 0 Å². The van der Waals surface area contributed by atoms with Crippen LogP contribution in [0.3, 0.4) is 0 Å². The molecule has 0 spiro atoms. The van der Waals surface area contributed by atoms with Gasteiger partial charge in [-0.05, 0) is 17.6 Å². The third-order valence-electron chi connectivity index (χ3n) is 3.23. The van der Waals surface area contributed by atoms with Gasteiger partial charge in [-0.25, -0.2) is 14.8 Å². The maximum absolute atomic E-state index is 10.6. The van der Waals surface area contributed by atoms with Crippen molar-refractivity contribution in [2.75, 3.05) is 18.1 Å². The Hall–Kier alpha value is -1.50. The highest BCUT2D eigenvalue weighted by atomic mass is 32.2. The summed E-state index contributed by atoms with van der Waals surface area (Å²) in [6.45, 7) is 8.72. The van der Waals surface area contributed by atoms with E-state index in [4.69, 9.17) is 5.11 Å². The van der Waals surface area contributed by atoms with Crippen molar-refractivity contribution in [2.45, 2.75) is 38.6 Å². The van der Waals surface area contributed by atoms with Gasteiger partial charge in [0.25, 0.3) is 0 Å². The fourth-order valence-corrected chi connectivity index (χ4v) is 2.53. The summed E-state index contributed by atoms with van der Waals surface area (Å²) in [6, 6.07) is 0.0458. The third kappa shape index (κ3) is 5.79. The molecule has 1 heterocycles. The van der Waals surface area contributed by atoms with Crippen molar-refractivity contribution >= 4 is 23.8 Å². The van der Waals surface area contributed by atoms with Crippen LogP contribution in [-0.4, -0.2) is 40.0 Å². The number of hydrogen-bond acceptors (Lipinski definition) is 5. The Balaban J connectivity index is 2.80. The number of nitrogens with one attached hydrogen (secondary N) is 2. The molecule has 21 heavy (non-hydrogen) atoms. The number of hydrogen-bond donors (Lipinski definition) is 3. The number of anilines is 1. The van der Waals surface area contributed by atoms with Gasteiger partial charge in [0.05, 0.1) is 0 Å². The van der Waals surface area contributed by atoms with E-state index in [1.54, 1.807) is 24.2 Å². The Morgan fingerprint density at radius 3 is 2.38 bits per heavy atom. The summed E-state index contributed by atoms with van der Waals surface area (Å²) in [5.74, 6) is 0.667. The van der Waals surface area contributed by atoms with E-state index in [0.29, 0.717) is 12.5 Å². The van der Waals surface area contributed by atoms with E-state index in [1.165, 1.54) is 0 Å². The van der Waals surface area contributed by atoms with Crippen LogP contribution in [-0.2, 0) is 0 Å². The smallest absolute Gasteiger partial charge is 0.404 e. The van der Waals surface area contributed by atoms with Gasteiger partial charge in [0.1, 0.15) is 0 Å². The molecule has 0 saturated heterocycles. The number of carbonyl (C=O) groups is 1. The van der Waals surface area contributed by atoms with E-state index in [1.807, 2.05) is 13.2 Å². The van der Waals surface area contributed by atoms with Crippen molar-refractivity contribution in [1.82, 2.24) is 15.3 Å². The Kier molecular flexibility index (Phi) is 6.26. The minimum absolute atomic E-state index is 0.0458. The van der Waals surface area contributed by atoms with Crippen LogP contribution in [0.2, 0.25) is 0 Å². The predicted octanol–water partition coefficient (Wildman–Crippen LogP) is 2.93. The third-order valence-corrected chi connectivity index (χ3v) is 3.91. The molecule has 1 rings (SSSR count). The van der Waals surface area contributed by atoms with E-state index in [9.17, 15) is 4.79 Å². The minimum atomic E-state index is -1.00. The van der Waals surface area contributed by atoms with Crippen LogP contribution in [0, 0.1) is 11.3 Å². The van der Waals surface area contributed by atoms with Gasteiger partial charge < -0.3 is 15.7 Å². The normalized spacial score (nSPS) is 14.3. The summed E-state index contributed by atoms with van der Waals surface area (Å²) < 4.78 is 0. The van der Waals surface area contributed by atoms with Crippen LogP contribution in [0.1, 0.15) is 27.7 Å². The van der Waals surface area contributed by atoms with Gasteiger partial charge in [0.15, 0.2) is 0 Å². The van der Waals surface area contributed by atoms with Crippen molar-refractivity contribution in [1.29, 1.82) is 0 Å². The maximum Gasteiger partial charge on any atom is 0.404 e. The second-order valence-electron chi connectivity index (χ2n) is 6.10. The van der Waals surface area contributed by atoms with Crippen molar-refractivity contribution in [3.8, 4) is 0 Å². The topological polar surface area (TPSA) is 87.1 Å². The molecule has 0 fully saturated rings. The summed E-state index contributed by atoms with van der Waals surface area (Å²) >= 11 is 1.59. The van der Waals surface area contributed by atoms with Gasteiger partial charge >= 0.3 is 6.09 Å². The minimum Gasteiger partial charge on any atom is -0.465 e. The standard InChI is InChI=1S/C14H24N4O2S/c1-9(6-17-13(19)20)11(14(2,3)4)18-12-15-7-10(21-5)8-16-12/h7-9,11,17H,6H2,1-5H3,(H,19,20)(H,15,16,18). The summed E-state index contributed by atoms with van der Waals surface area (Å²) in [6.07, 6.45) is 4.53. The molecule has 2 unspecified atom stereocenters. The summed E-state index contributed by atoms with van der Waals surface area (Å²) in [4.78, 5) is 20.3. The molecule has 2 atom stereocenters. The van der Waals surface area contributed by atoms with E-state index < -0.39 is 6.09 Å². The molecule has 1 aromatic heterocycles. The van der Waals surface area contributed by atoms with E-state index >= 15 is 0 Å². The molecule has 1 amide bonds. The molecule has 0 aliphatic carbocycles. The summed E-state index contributed by atoms with van der Waals surface area (Å²) in [5.41, 5.74) is -0.0544. The fourth-order valence-electron chi connectivity index (χ4n) is 2.21. The SMILES string of the molecule is CSc1cnc(NC(C(C)CNC(=O)O)C(C)(C)C)nc1. The lowest BCUT2D eigenvalue weighted by molar-refractivity contribution is 0.188. The lowest BCUT2D eigenvalue weighted by atomic mass is 9.79. The highest BCUT2D eigenvalue weighted by Gasteiger charge is 2.30. The zero-order valence-corrected chi connectivity index (χ0v) is 14.0. The average molecular weight is 312 g/mol. The van der Waals surface area contributed by atoms with Gasteiger partial charge in [-0.2, -0.15) is 0 Å². The average Bonchev–Trinajstić information content (AvgIpc) is 2.41. The maximum atomic E-state index is 10.6. The van der Waals surface area contributed by atoms with Crippen LogP contribution in [0.4, 0.5) is 10.7 Å². The van der Waals surface area contributed by atoms with E-state index in [2.05, 4.69) is 41.4 Å². The second-order valence-corrected chi connectivity index (χ2v) is 6.98. The van der Waals surface area contributed by atoms with Crippen molar-refractivity contribution in [2.24, 2.45) is 11.3 Å². The first-order valence-corrected chi connectivity index (χ1v) is 8.06. The zero-order chi connectivity index (χ0) is 16.0. The van der Waals surface area contributed by atoms with Crippen molar-refractivity contribution < 1.29 is 9.90 Å². The first-order valence-electron chi connectivity index (χ1n) is 6.83. The molecule has 118 valence electrons. The van der Waals surface area contributed by atoms with E-state index in [-0.39, 0.29) is 17.4 Å². The molecule has 0 aromatic carbocycles. The fraction of sp³-hybridized carbons (Fsp3) is 0.643. The highest BCUT2D eigenvalue weighted by Crippen LogP contribution is 2.27. The van der Waals surface area contributed by atoms with Crippen LogP contribution in [0.5, 0.6) is 0 Å². The molecule has 0 bridgehead atoms. The number of carboxylic acid groups (broad SMARTS) is 1. The monoisotopic (exact) mass is 312 g/mol. The molecule has 1 aromatic rings. The quantitative estimate of drug-likeness (QED) is 0.700. The lowest BCUT2D eigenvalue weighted by Crippen LogP contribution is -2.44. The number of thioether (sulfide) groups is 1. The van der Waals surface area contributed by atoms with E-state index in [0.717, 1.165) is 4.90 Å². The molecule has 3 N–H and O–H groups in total. The number of nitrogens with zero attached hydrogens (tertiary/aromatic N) is 2. The highest BCUT2D eigenvalue weighted by molar-refractivity contribution is 7.98. The second kappa shape index (κ2) is 7.49. The largest absolute Gasteiger partial charge is 0.465 e. The molecule has 0 aliphatic heterocycles. The number of amides is 1. The van der Waals surface area contributed by atoms with Crippen molar-refractivity contribution in [3.05, 3.63) is 12.4 Å². The molecular weight excluding hydrogens is 288 g/mol. The Labute approximate surface area is 130 Å². The molecule has 0 aliphatic rings. The van der Waals surface area contributed by atoms with Crippen LogP contribution >= 0.6 is 11.8 Å². The zero-order valence-electron chi connectivity index (χ0n) is 13.2. The molecule has 0 saturated carbocycles. The van der Waals surface area contributed by atoms with Crippen LogP contribution in [0.15, 0.2) is 17.3 Å². The first-order chi connectivity index (χ1) is 9.74. The Morgan fingerprint density at radius 1 is 1.38 bits per heavy atom. The van der Waals surface area contributed by atoms with Gasteiger partial charge in [-0.1, -0.05) is 27.7 Å². The van der Waals surface area contributed by atoms with Gasteiger partial charge in [0, 0.05) is 29.9 Å².